The first kappa shape index (κ1) is 17.3. The fraction of sp³-hybridized carbons (Fsp3) is 0.333. The normalized spacial score (nSPS) is 27.4. The van der Waals surface area contributed by atoms with Crippen LogP contribution in [0.15, 0.2) is 48.5 Å². The maximum atomic E-state index is 13.4. The van der Waals surface area contributed by atoms with E-state index in [1.807, 2.05) is 29.3 Å². The van der Waals surface area contributed by atoms with Crippen molar-refractivity contribution in [3.05, 3.63) is 59.9 Å². The van der Waals surface area contributed by atoms with Crippen LogP contribution in [0.2, 0.25) is 0 Å². The number of halogens is 1. The number of imide groups is 1. The van der Waals surface area contributed by atoms with E-state index in [-0.39, 0.29) is 17.9 Å². The van der Waals surface area contributed by atoms with Gasteiger partial charge in [-0.05, 0) is 36.8 Å². The smallest absolute Gasteiger partial charge is 0.253 e. The van der Waals surface area contributed by atoms with Crippen molar-refractivity contribution in [2.45, 2.75) is 18.5 Å². The number of methoxy groups -OCH3 is 1. The van der Waals surface area contributed by atoms with Crippen molar-refractivity contribution in [2.75, 3.05) is 25.1 Å². The number of nitrogens with zero attached hydrogens (tertiary/aromatic N) is 3. The predicted molar refractivity (Wildman–Crippen MR) is 99.9 cm³/mol. The van der Waals surface area contributed by atoms with E-state index >= 15 is 0 Å². The Morgan fingerprint density at radius 2 is 1.61 bits per heavy atom. The van der Waals surface area contributed by atoms with E-state index in [2.05, 4.69) is 5.01 Å². The van der Waals surface area contributed by atoms with Gasteiger partial charge in [0.05, 0.1) is 24.8 Å². The van der Waals surface area contributed by atoms with E-state index < -0.39 is 17.8 Å². The van der Waals surface area contributed by atoms with Crippen LogP contribution in [0.3, 0.4) is 0 Å². The van der Waals surface area contributed by atoms with Crippen LogP contribution >= 0.6 is 0 Å². The minimum atomic E-state index is -0.532. The van der Waals surface area contributed by atoms with Crippen molar-refractivity contribution >= 4 is 17.5 Å². The minimum absolute atomic E-state index is 0.244. The van der Waals surface area contributed by atoms with Gasteiger partial charge in [0.2, 0.25) is 5.91 Å². The number of ether oxygens (including phenoxy) is 1. The molecule has 3 fully saturated rings. The van der Waals surface area contributed by atoms with Gasteiger partial charge in [-0.15, -0.1) is 0 Å². The van der Waals surface area contributed by atoms with Crippen LogP contribution < -0.4 is 9.64 Å². The summed E-state index contributed by atoms with van der Waals surface area (Å²) in [5.74, 6) is -0.701. The minimum Gasteiger partial charge on any atom is -0.496 e. The van der Waals surface area contributed by atoms with Crippen LogP contribution in [0, 0.1) is 11.7 Å². The van der Waals surface area contributed by atoms with Gasteiger partial charge < -0.3 is 4.74 Å². The van der Waals surface area contributed by atoms with Crippen molar-refractivity contribution < 1.29 is 18.7 Å². The highest BCUT2D eigenvalue weighted by atomic mass is 19.1. The number of anilines is 1. The molecule has 3 heterocycles. The zero-order valence-electron chi connectivity index (χ0n) is 15.4. The molecule has 3 aliphatic rings. The first-order valence-electron chi connectivity index (χ1n) is 9.41. The van der Waals surface area contributed by atoms with Crippen LogP contribution in [0.25, 0.3) is 0 Å². The van der Waals surface area contributed by atoms with Gasteiger partial charge in [0.15, 0.2) is 0 Å². The summed E-state index contributed by atoms with van der Waals surface area (Å²) < 4.78 is 18.9. The van der Waals surface area contributed by atoms with E-state index in [0.29, 0.717) is 11.4 Å². The van der Waals surface area contributed by atoms with Gasteiger partial charge in [-0.1, -0.05) is 18.2 Å². The lowest BCUT2D eigenvalue weighted by molar-refractivity contribution is -0.126. The summed E-state index contributed by atoms with van der Waals surface area (Å²) in [6.07, 6.45) is 0.937. The maximum absolute atomic E-state index is 13.4. The number of fused-ring (bicyclic) bond motifs is 3. The predicted octanol–water partition coefficient (Wildman–Crippen LogP) is 2.37. The Kier molecular flexibility index (Phi) is 3.96. The van der Waals surface area contributed by atoms with Crippen LogP contribution in [0.5, 0.6) is 5.75 Å². The molecule has 3 atom stereocenters. The quantitative estimate of drug-likeness (QED) is 0.764. The van der Waals surface area contributed by atoms with Gasteiger partial charge in [0.25, 0.3) is 5.91 Å². The van der Waals surface area contributed by atoms with Crippen molar-refractivity contribution in [1.82, 2.24) is 10.0 Å². The molecule has 2 aromatic carbocycles. The lowest BCUT2D eigenvalue weighted by Gasteiger charge is -2.30. The zero-order chi connectivity index (χ0) is 19.4. The molecule has 0 spiro atoms. The van der Waals surface area contributed by atoms with Gasteiger partial charge in [0.1, 0.15) is 17.6 Å². The van der Waals surface area contributed by atoms with Crippen LogP contribution in [0.4, 0.5) is 10.1 Å². The average molecular weight is 381 g/mol. The van der Waals surface area contributed by atoms with E-state index in [1.54, 1.807) is 7.11 Å². The standard InChI is InChI=1S/C21H20FN3O3/c1-28-16-6-3-2-5-15(16)18-17-19(24-12-4-11-23(18)24)21(27)25(20(17)26)14-9-7-13(22)8-10-14/h2-3,5-10,17-19H,4,11-12H2,1H3. The third kappa shape index (κ3) is 2.33. The summed E-state index contributed by atoms with van der Waals surface area (Å²) in [7, 11) is 1.61. The highest BCUT2D eigenvalue weighted by molar-refractivity contribution is 6.24. The molecule has 5 rings (SSSR count). The fourth-order valence-electron chi connectivity index (χ4n) is 4.84. The van der Waals surface area contributed by atoms with Gasteiger partial charge in [-0.25, -0.2) is 19.3 Å². The molecule has 0 bridgehead atoms. The second-order valence-electron chi connectivity index (χ2n) is 7.33. The number of carbonyl (C=O) groups is 2. The van der Waals surface area contributed by atoms with E-state index in [4.69, 9.17) is 4.74 Å². The van der Waals surface area contributed by atoms with E-state index in [0.717, 1.165) is 25.1 Å². The lowest BCUT2D eigenvalue weighted by atomic mass is 9.89. The van der Waals surface area contributed by atoms with Gasteiger partial charge >= 0.3 is 0 Å². The Morgan fingerprint density at radius 3 is 2.32 bits per heavy atom. The number of benzene rings is 2. The average Bonchev–Trinajstić information content (AvgIpc) is 3.35. The van der Waals surface area contributed by atoms with Crippen molar-refractivity contribution in [3.63, 3.8) is 0 Å². The van der Waals surface area contributed by atoms with Crippen LogP contribution in [0.1, 0.15) is 18.0 Å². The first-order chi connectivity index (χ1) is 13.6. The molecule has 3 saturated heterocycles. The number of amides is 2. The summed E-state index contributed by atoms with van der Waals surface area (Å²) >= 11 is 0. The van der Waals surface area contributed by atoms with Gasteiger partial charge in [-0.3, -0.25) is 9.59 Å². The molecule has 0 radical (unpaired) electrons. The fourth-order valence-corrected chi connectivity index (χ4v) is 4.84. The van der Waals surface area contributed by atoms with Crippen molar-refractivity contribution in [3.8, 4) is 5.75 Å². The molecule has 3 aliphatic heterocycles. The highest BCUT2D eigenvalue weighted by Gasteiger charge is 2.63. The third-order valence-electron chi connectivity index (χ3n) is 5.95. The van der Waals surface area contributed by atoms with Gasteiger partial charge in [-0.2, -0.15) is 0 Å². The zero-order valence-corrected chi connectivity index (χ0v) is 15.4. The Balaban J connectivity index is 1.60. The summed E-state index contributed by atoms with van der Waals surface area (Å²) in [5, 5.41) is 4.18. The summed E-state index contributed by atoms with van der Waals surface area (Å²) in [4.78, 5) is 27.9. The third-order valence-corrected chi connectivity index (χ3v) is 5.95. The monoisotopic (exact) mass is 381 g/mol. The second kappa shape index (κ2) is 6.39. The number of hydrazine groups is 1. The number of para-hydroxylation sites is 1. The molecule has 28 heavy (non-hydrogen) atoms. The summed E-state index contributed by atoms with van der Waals surface area (Å²) in [6, 6.07) is 12.3. The van der Waals surface area contributed by atoms with E-state index in [9.17, 15) is 14.0 Å². The summed E-state index contributed by atoms with van der Waals surface area (Å²) in [6.45, 7) is 1.54. The van der Waals surface area contributed by atoms with Crippen molar-refractivity contribution in [1.29, 1.82) is 0 Å². The Bertz CT molecular complexity index is 948. The Hall–Kier alpha value is -2.77. The number of rotatable bonds is 3. The molecule has 2 amide bonds. The van der Waals surface area contributed by atoms with Crippen LogP contribution in [-0.4, -0.2) is 48.1 Å². The van der Waals surface area contributed by atoms with E-state index in [1.165, 1.54) is 29.2 Å². The SMILES string of the molecule is COc1ccccc1C1C2C(=O)N(c3ccc(F)cc3)C(=O)C2N2CCCN12. The number of hydrogen-bond donors (Lipinski definition) is 0. The van der Waals surface area contributed by atoms with Gasteiger partial charge in [0, 0.05) is 18.7 Å². The molecule has 0 N–H and O–H groups in total. The second-order valence-corrected chi connectivity index (χ2v) is 7.33. The largest absolute Gasteiger partial charge is 0.496 e. The molecular formula is C21H20FN3O3. The van der Waals surface area contributed by atoms with Crippen molar-refractivity contribution in [2.24, 2.45) is 5.92 Å². The molecule has 6 nitrogen and oxygen atoms in total. The topological polar surface area (TPSA) is 53.1 Å². The molecule has 0 saturated carbocycles. The molecule has 3 unspecified atom stereocenters. The molecule has 2 aromatic rings. The summed E-state index contributed by atoms with van der Waals surface area (Å²) in [5.41, 5.74) is 1.32. The lowest BCUT2D eigenvalue weighted by Crippen LogP contribution is -2.44. The molecule has 7 heteroatoms. The molecule has 144 valence electrons. The first-order valence-corrected chi connectivity index (χ1v) is 9.41. The maximum Gasteiger partial charge on any atom is 0.253 e. The molecular weight excluding hydrogens is 361 g/mol. The molecule has 0 aliphatic carbocycles. The Morgan fingerprint density at radius 1 is 0.929 bits per heavy atom. The Labute approximate surface area is 162 Å². The van der Waals surface area contributed by atoms with Crippen LogP contribution in [-0.2, 0) is 9.59 Å². The number of hydrogen-bond acceptors (Lipinski definition) is 5. The molecule has 0 aromatic heterocycles. The highest BCUT2D eigenvalue weighted by Crippen LogP contribution is 2.50. The number of carbonyl (C=O) groups excluding carboxylic acids is 2.